The molecule has 0 spiro atoms. The van der Waals surface area contributed by atoms with E-state index in [9.17, 15) is 0 Å². The molecule has 4 heteroatoms. The van der Waals surface area contributed by atoms with Gasteiger partial charge in [0.1, 0.15) is 12.0 Å². The average Bonchev–Trinajstić information content (AvgIpc) is 3.12. The fourth-order valence-corrected chi connectivity index (χ4v) is 3.08. The predicted molar refractivity (Wildman–Crippen MR) is 99.6 cm³/mol. The molecule has 0 aliphatic carbocycles. The summed E-state index contributed by atoms with van der Waals surface area (Å²) in [5.74, 6) is 0.790. The summed E-state index contributed by atoms with van der Waals surface area (Å²) in [6, 6.07) is 26.1. The second-order valence-electron chi connectivity index (χ2n) is 5.85. The summed E-state index contributed by atoms with van der Waals surface area (Å²) in [5.41, 5.74) is 5.60. The van der Waals surface area contributed by atoms with E-state index in [2.05, 4.69) is 17.1 Å². The normalized spacial score (nSPS) is 11.2. The summed E-state index contributed by atoms with van der Waals surface area (Å²) in [6.45, 7) is 0. The summed E-state index contributed by atoms with van der Waals surface area (Å²) in [7, 11) is 0. The molecule has 0 radical (unpaired) electrons. The highest BCUT2D eigenvalue weighted by atomic mass is 15.1. The molecule has 5 aromatic rings. The molecule has 0 fully saturated rings. The van der Waals surface area contributed by atoms with Crippen molar-refractivity contribution in [3.8, 4) is 17.1 Å². The first-order valence-corrected chi connectivity index (χ1v) is 8.15. The van der Waals surface area contributed by atoms with E-state index >= 15 is 0 Å². The maximum atomic E-state index is 4.90. The van der Waals surface area contributed by atoms with Crippen LogP contribution in [0.4, 0.5) is 0 Å². The van der Waals surface area contributed by atoms with Gasteiger partial charge < -0.3 is 0 Å². The molecule has 25 heavy (non-hydrogen) atoms. The van der Waals surface area contributed by atoms with Crippen LogP contribution in [0.25, 0.3) is 39.1 Å². The highest BCUT2D eigenvalue weighted by Crippen LogP contribution is 2.28. The van der Waals surface area contributed by atoms with Gasteiger partial charge in [-0.05, 0) is 24.3 Å². The fourth-order valence-electron chi connectivity index (χ4n) is 3.08. The second kappa shape index (κ2) is 5.53. The first-order chi connectivity index (χ1) is 12.4. The number of imidazole rings is 1. The van der Waals surface area contributed by atoms with Crippen LogP contribution in [0.3, 0.4) is 0 Å². The van der Waals surface area contributed by atoms with Gasteiger partial charge in [0.25, 0.3) is 0 Å². The number of fused-ring (bicyclic) bond motifs is 2. The molecule has 0 saturated heterocycles. The number of para-hydroxylation sites is 4. The van der Waals surface area contributed by atoms with Gasteiger partial charge in [0.15, 0.2) is 5.82 Å². The molecule has 0 bridgehead atoms. The van der Waals surface area contributed by atoms with Crippen molar-refractivity contribution in [2.45, 2.75) is 0 Å². The van der Waals surface area contributed by atoms with Crippen LogP contribution in [0.1, 0.15) is 0 Å². The summed E-state index contributed by atoms with van der Waals surface area (Å²) >= 11 is 0. The van der Waals surface area contributed by atoms with Crippen molar-refractivity contribution in [3.05, 3.63) is 85.2 Å². The Kier molecular flexibility index (Phi) is 3.07. The van der Waals surface area contributed by atoms with Gasteiger partial charge in [-0.15, -0.1) is 0 Å². The third kappa shape index (κ3) is 2.27. The van der Waals surface area contributed by atoms with Crippen molar-refractivity contribution < 1.29 is 0 Å². The molecule has 0 aliphatic rings. The van der Waals surface area contributed by atoms with E-state index in [0.29, 0.717) is 0 Å². The van der Waals surface area contributed by atoms with Crippen LogP contribution in [-0.2, 0) is 0 Å². The van der Waals surface area contributed by atoms with Gasteiger partial charge in [0.05, 0.1) is 22.1 Å². The van der Waals surface area contributed by atoms with Crippen molar-refractivity contribution >= 4 is 22.1 Å². The smallest absolute Gasteiger partial charge is 0.165 e. The molecule has 118 valence electrons. The van der Waals surface area contributed by atoms with Crippen LogP contribution in [-0.4, -0.2) is 19.5 Å². The minimum atomic E-state index is 0.790. The number of aromatic nitrogens is 4. The topological polar surface area (TPSA) is 43.6 Å². The lowest BCUT2D eigenvalue weighted by atomic mass is 10.1. The minimum Gasteiger partial charge on any atom is -0.281 e. The highest BCUT2D eigenvalue weighted by molar-refractivity contribution is 5.84. The lowest BCUT2D eigenvalue weighted by Gasteiger charge is -2.11. The van der Waals surface area contributed by atoms with Gasteiger partial charge in [-0.2, -0.15) is 0 Å². The van der Waals surface area contributed by atoms with E-state index in [1.807, 2.05) is 77.6 Å². The summed E-state index contributed by atoms with van der Waals surface area (Å²) in [4.78, 5) is 14.3. The van der Waals surface area contributed by atoms with Gasteiger partial charge in [-0.3, -0.25) is 4.57 Å². The van der Waals surface area contributed by atoms with Crippen molar-refractivity contribution in [3.63, 3.8) is 0 Å². The molecule has 2 aromatic heterocycles. The van der Waals surface area contributed by atoms with Crippen LogP contribution < -0.4 is 0 Å². The maximum absolute atomic E-state index is 4.90. The van der Waals surface area contributed by atoms with E-state index < -0.39 is 0 Å². The number of nitrogens with zero attached hydrogens (tertiary/aromatic N) is 4. The maximum Gasteiger partial charge on any atom is 0.165 e. The Balaban J connectivity index is 1.87. The van der Waals surface area contributed by atoms with E-state index in [4.69, 9.17) is 9.97 Å². The minimum absolute atomic E-state index is 0.790. The number of hydrogen-bond donors (Lipinski definition) is 0. The Labute approximate surface area is 144 Å². The lowest BCUT2D eigenvalue weighted by Crippen LogP contribution is -2.02. The average molecular weight is 322 g/mol. The summed E-state index contributed by atoms with van der Waals surface area (Å²) < 4.78 is 2.01. The van der Waals surface area contributed by atoms with Gasteiger partial charge >= 0.3 is 0 Å². The van der Waals surface area contributed by atoms with Crippen LogP contribution >= 0.6 is 0 Å². The zero-order valence-corrected chi connectivity index (χ0v) is 13.4. The first kappa shape index (κ1) is 13.9. The van der Waals surface area contributed by atoms with Crippen molar-refractivity contribution in [1.82, 2.24) is 19.5 Å². The Bertz CT molecular complexity index is 1190. The van der Waals surface area contributed by atoms with Crippen LogP contribution in [0.2, 0.25) is 0 Å². The lowest BCUT2D eigenvalue weighted by molar-refractivity contribution is 1.02. The molecule has 3 aromatic carbocycles. The molecular weight excluding hydrogens is 308 g/mol. The van der Waals surface area contributed by atoms with Crippen molar-refractivity contribution in [2.24, 2.45) is 0 Å². The number of benzene rings is 3. The molecule has 0 aliphatic heterocycles. The fraction of sp³-hybridized carbons (Fsp3) is 0. The zero-order chi connectivity index (χ0) is 16.6. The Morgan fingerprint density at radius 3 is 2.04 bits per heavy atom. The highest BCUT2D eigenvalue weighted by Gasteiger charge is 2.14. The van der Waals surface area contributed by atoms with Gasteiger partial charge in [0.2, 0.25) is 0 Å². The summed E-state index contributed by atoms with van der Waals surface area (Å²) in [5, 5.41) is 0. The predicted octanol–water partition coefficient (Wildman–Crippen LogP) is 4.64. The molecule has 0 saturated carbocycles. The molecule has 0 amide bonds. The largest absolute Gasteiger partial charge is 0.281 e. The monoisotopic (exact) mass is 322 g/mol. The standard InChI is InChI=1S/C21H14N4/c1-2-8-15(9-3-1)20-21(24-17-11-5-4-10-16(17)23-20)25-14-22-18-12-6-7-13-19(18)25/h1-14H. The summed E-state index contributed by atoms with van der Waals surface area (Å²) in [6.07, 6.45) is 1.82. The third-order valence-corrected chi connectivity index (χ3v) is 4.28. The number of rotatable bonds is 2. The molecular formula is C21H14N4. The third-order valence-electron chi connectivity index (χ3n) is 4.28. The first-order valence-electron chi connectivity index (χ1n) is 8.15. The van der Waals surface area contributed by atoms with Crippen molar-refractivity contribution in [1.29, 1.82) is 0 Å². The van der Waals surface area contributed by atoms with E-state index in [1.54, 1.807) is 0 Å². The van der Waals surface area contributed by atoms with Gasteiger partial charge in [0, 0.05) is 5.56 Å². The van der Waals surface area contributed by atoms with Gasteiger partial charge in [-0.25, -0.2) is 15.0 Å². The molecule has 0 atom stereocenters. The SMILES string of the molecule is c1ccc(-c2nc3ccccc3nc2-n2cnc3ccccc32)cc1. The van der Waals surface area contributed by atoms with E-state index in [1.165, 1.54) is 0 Å². The second-order valence-corrected chi connectivity index (χ2v) is 5.85. The quantitative estimate of drug-likeness (QED) is 0.476. The number of hydrogen-bond acceptors (Lipinski definition) is 3. The Morgan fingerprint density at radius 2 is 1.24 bits per heavy atom. The Hall–Kier alpha value is -3.53. The zero-order valence-electron chi connectivity index (χ0n) is 13.4. The molecule has 0 N–H and O–H groups in total. The van der Waals surface area contributed by atoms with Gasteiger partial charge in [-0.1, -0.05) is 54.6 Å². The van der Waals surface area contributed by atoms with Crippen LogP contribution in [0.15, 0.2) is 85.2 Å². The van der Waals surface area contributed by atoms with E-state index in [0.717, 1.165) is 39.1 Å². The molecule has 2 heterocycles. The molecule has 0 unspecified atom stereocenters. The molecule has 5 rings (SSSR count). The Morgan fingerprint density at radius 1 is 0.600 bits per heavy atom. The van der Waals surface area contributed by atoms with E-state index in [-0.39, 0.29) is 0 Å². The van der Waals surface area contributed by atoms with Crippen LogP contribution in [0, 0.1) is 0 Å². The molecule has 4 nitrogen and oxygen atoms in total. The van der Waals surface area contributed by atoms with Crippen molar-refractivity contribution in [2.75, 3.05) is 0 Å². The van der Waals surface area contributed by atoms with Crippen LogP contribution in [0.5, 0.6) is 0 Å².